The van der Waals surface area contributed by atoms with Crippen molar-refractivity contribution in [1.82, 2.24) is 9.97 Å². The second kappa shape index (κ2) is 14.4. The SMILES string of the molecule is O=C(Nc1ccc2c(O)c(N=Nc3ccc4c(S(=O)(=O)O)cc(S(=O)(=O)O)cc4c3S(=O)(=O)O)c(S(=O)(=O)O)cc2c1S(=O)(=O)O)c1ccc2nc(Cl)c(Cl)nc2c1. The molecule has 304 valence electrons. The topological polar surface area (TPSA) is 372 Å². The minimum atomic E-state index is -5.63. The van der Waals surface area contributed by atoms with E-state index in [2.05, 4.69) is 25.5 Å². The normalized spacial score (nSPS) is 13.2. The van der Waals surface area contributed by atoms with Crippen LogP contribution in [0.3, 0.4) is 0 Å². The first-order valence-corrected chi connectivity index (χ1v) is 22.7. The Hall–Kier alpha value is -5.04. The van der Waals surface area contributed by atoms with Crippen LogP contribution in [0.2, 0.25) is 10.3 Å². The smallest absolute Gasteiger partial charge is 0.297 e. The predicted molar refractivity (Wildman–Crippen MR) is 200 cm³/mol. The van der Waals surface area contributed by atoms with E-state index in [4.69, 9.17) is 23.2 Å². The third-order valence-electron chi connectivity index (χ3n) is 7.91. The van der Waals surface area contributed by atoms with Gasteiger partial charge in [0.2, 0.25) is 0 Å². The van der Waals surface area contributed by atoms with Gasteiger partial charge in [-0.1, -0.05) is 29.3 Å². The molecule has 0 bridgehead atoms. The van der Waals surface area contributed by atoms with Gasteiger partial charge in [-0.15, -0.1) is 10.2 Å². The van der Waals surface area contributed by atoms with Crippen LogP contribution < -0.4 is 5.32 Å². The summed E-state index contributed by atoms with van der Waals surface area (Å²) in [7, 11) is -27.4. The van der Waals surface area contributed by atoms with E-state index in [1.165, 1.54) is 18.2 Å². The number of amides is 1. The number of anilines is 1. The van der Waals surface area contributed by atoms with E-state index < -0.39 is 125 Å². The average molecular weight is 939 g/mol. The van der Waals surface area contributed by atoms with Crippen LogP contribution in [0.5, 0.6) is 5.75 Å². The quantitative estimate of drug-likeness (QED) is 0.0752. The van der Waals surface area contributed by atoms with Crippen LogP contribution in [-0.4, -0.2) is 85.8 Å². The summed E-state index contributed by atoms with van der Waals surface area (Å²) in [5, 5.41) is 16.8. The van der Waals surface area contributed by atoms with Gasteiger partial charge in [-0.05, 0) is 54.6 Å². The van der Waals surface area contributed by atoms with Gasteiger partial charge in [0.1, 0.15) is 31.0 Å². The molecule has 1 heterocycles. The number of carbonyl (C=O) groups is 1. The van der Waals surface area contributed by atoms with Crippen molar-refractivity contribution in [2.24, 2.45) is 10.2 Å². The zero-order chi connectivity index (χ0) is 43.1. The van der Waals surface area contributed by atoms with Gasteiger partial charge in [0.05, 0.1) is 21.6 Å². The first kappa shape index (κ1) is 42.6. The van der Waals surface area contributed by atoms with Crippen molar-refractivity contribution >= 4 is 129 Å². The summed E-state index contributed by atoms with van der Waals surface area (Å²) in [6.45, 7) is 0. The number of aromatic nitrogens is 2. The highest BCUT2D eigenvalue weighted by molar-refractivity contribution is 7.87. The van der Waals surface area contributed by atoms with Crippen molar-refractivity contribution in [3.05, 3.63) is 76.5 Å². The maximum absolute atomic E-state index is 13.3. The molecule has 6 rings (SSSR count). The fraction of sp³-hybridized carbons (Fsp3) is 0. The Morgan fingerprint density at radius 1 is 0.569 bits per heavy atom. The minimum Gasteiger partial charge on any atom is -0.505 e. The van der Waals surface area contributed by atoms with Crippen molar-refractivity contribution in [3.63, 3.8) is 0 Å². The number of halogens is 2. The first-order valence-electron chi connectivity index (χ1n) is 14.7. The molecule has 6 aromatic rings. The molecular weight excluding hydrogens is 922 g/mol. The Balaban J connectivity index is 1.56. The lowest BCUT2D eigenvalue weighted by Crippen LogP contribution is -2.15. The molecule has 58 heavy (non-hydrogen) atoms. The Bertz CT molecular complexity index is 3460. The van der Waals surface area contributed by atoms with Gasteiger partial charge in [0, 0.05) is 27.1 Å². The lowest BCUT2D eigenvalue weighted by atomic mass is 10.1. The molecule has 29 heteroatoms. The van der Waals surface area contributed by atoms with Crippen molar-refractivity contribution in [3.8, 4) is 5.75 Å². The summed E-state index contributed by atoms with van der Waals surface area (Å²) in [5.41, 5.74) is -2.85. The first-order chi connectivity index (χ1) is 26.6. The fourth-order valence-corrected chi connectivity index (χ4v) is 9.48. The number of phenolic OH excluding ortho intramolecular Hbond substituents is 1. The molecule has 0 unspecified atom stereocenters. The predicted octanol–water partition coefficient (Wildman–Crippen LogP) is 4.85. The van der Waals surface area contributed by atoms with Crippen LogP contribution >= 0.6 is 23.2 Å². The monoisotopic (exact) mass is 937 g/mol. The zero-order valence-corrected chi connectivity index (χ0v) is 33.1. The largest absolute Gasteiger partial charge is 0.505 e. The number of aromatic hydroxyl groups is 1. The molecule has 0 atom stereocenters. The summed E-state index contributed by atoms with van der Waals surface area (Å²) >= 11 is 11.8. The number of fused-ring (bicyclic) bond motifs is 3. The standard InChI is InChI=1S/C29H17Cl2N5O17S5/c30-27-28(31)33-20-7-11(1-4-17(20)32-27)29(38)34-18-5-3-14-16(25(18)57(48,49)50)10-22(56(45,46)47)23(24(14)37)36-35-19-6-2-13-15(26(19)58(51,52)53)8-12(54(39,40)41)9-21(13)55(42,43)44/h1-10,37H,(H,34,38)(H,39,40,41)(H,42,43,44)(H,45,46,47)(H,48,49,50)(H,51,52,53). The maximum atomic E-state index is 13.3. The number of nitrogens with zero attached hydrogens (tertiary/aromatic N) is 4. The molecule has 0 aliphatic rings. The summed E-state index contributed by atoms with van der Waals surface area (Å²) in [6, 6.07) is 7.82. The van der Waals surface area contributed by atoms with E-state index in [0.29, 0.717) is 18.2 Å². The molecule has 7 N–H and O–H groups in total. The Labute approximate surface area is 334 Å². The number of carbonyl (C=O) groups excluding carboxylic acids is 1. The number of rotatable bonds is 9. The van der Waals surface area contributed by atoms with E-state index >= 15 is 0 Å². The van der Waals surface area contributed by atoms with Crippen LogP contribution in [0.1, 0.15) is 10.4 Å². The molecule has 0 spiro atoms. The van der Waals surface area contributed by atoms with E-state index in [0.717, 1.165) is 18.2 Å². The average Bonchev–Trinajstić information content (AvgIpc) is 3.08. The van der Waals surface area contributed by atoms with E-state index in [-0.39, 0.29) is 33.0 Å². The Morgan fingerprint density at radius 3 is 1.71 bits per heavy atom. The number of hydrogen-bond acceptors (Lipinski definition) is 16. The van der Waals surface area contributed by atoms with E-state index in [1.54, 1.807) is 0 Å². The summed E-state index contributed by atoms with van der Waals surface area (Å²) < 4.78 is 174. The lowest BCUT2D eigenvalue weighted by molar-refractivity contribution is 0.102. The fourth-order valence-electron chi connectivity index (χ4n) is 5.56. The Morgan fingerprint density at radius 2 is 1.14 bits per heavy atom. The minimum absolute atomic E-state index is 0.0816. The second-order valence-corrected chi connectivity index (χ2v) is 19.2. The van der Waals surface area contributed by atoms with Gasteiger partial charge >= 0.3 is 0 Å². The summed E-state index contributed by atoms with van der Waals surface area (Å²) in [6.07, 6.45) is 0. The molecule has 1 amide bonds. The molecule has 0 aliphatic carbocycles. The number of hydrogen-bond donors (Lipinski definition) is 7. The van der Waals surface area contributed by atoms with Crippen LogP contribution in [0.4, 0.5) is 17.1 Å². The molecule has 22 nitrogen and oxygen atoms in total. The highest BCUT2D eigenvalue weighted by Crippen LogP contribution is 2.46. The molecule has 0 saturated carbocycles. The third-order valence-corrected chi connectivity index (χ3v) is 13.0. The number of nitrogens with one attached hydrogen (secondary N) is 1. The van der Waals surface area contributed by atoms with Gasteiger partial charge in [0.15, 0.2) is 16.1 Å². The van der Waals surface area contributed by atoms with Gasteiger partial charge in [-0.25, -0.2) is 9.97 Å². The highest BCUT2D eigenvalue weighted by atomic mass is 35.5. The Kier molecular flexibility index (Phi) is 10.5. The van der Waals surface area contributed by atoms with Gasteiger partial charge in [0.25, 0.3) is 56.5 Å². The molecule has 0 saturated heterocycles. The lowest BCUT2D eigenvalue weighted by Gasteiger charge is -2.15. The molecule has 0 radical (unpaired) electrons. The molecule has 5 aromatic carbocycles. The number of phenols is 1. The molecule has 0 aliphatic heterocycles. The summed E-state index contributed by atoms with van der Waals surface area (Å²) in [4.78, 5) is 14.6. The van der Waals surface area contributed by atoms with Crippen molar-refractivity contribution < 1.29 is 74.8 Å². The van der Waals surface area contributed by atoms with E-state index in [1.807, 2.05) is 0 Å². The van der Waals surface area contributed by atoms with Crippen LogP contribution in [-0.2, 0) is 50.6 Å². The number of azo groups is 1. The summed E-state index contributed by atoms with van der Waals surface area (Å²) in [5.74, 6) is -2.34. The third kappa shape index (κ3) is 8.15. The zero-order valence-electron chi connectivity index (χ0n) is 27.5. The van der Waals surface area contributed by atoms with Gasteiger partial charge < -0.3 is 10.4 Å². The molecule has 1 aromatic heterocycles. The van der Waals surface area contributed by atoms with E-state index in [9.17, 15) is 74.8 Å². The van der Waals surface area contributed by atoms with Crippen molar-refractivity contribution in [1.29, 1.82) is 0 Å². The molecular formula is C29H17Cl2N5O17S5. The second-order valence-electron chi connectivity index (χ2n) is 11.6. The van der Waals surface area contributed by atoms with Crippen molar-refractivity contribution in [2.45, 2.75) is 24.5 Å². The van der Waals surface area contributed by atoms with Gasteiger partial charge in [-0.3, -0.25) is 27.6 Å². The maximum Gasteiger partial charge on any atom is 0.297 e. The van der Waals surface area contributed by atoms with Crippen molar-refractivity contribution in [2.75, 3.05) is 5.32 Å². The highest BCUT2D eigenvalue weighted by Gasteiger charge is 2.30. The van der Waals surface area contributed by atoms with Crippen LogP contribution in [0, 0.1) is 0 Å². The van der Waals surface area contributed by atoms with Crippen LogP contribution in [0.15, 0.2) is 95.4 Å². The molecule has 0 fully saturated rings. The van der Waals surface area contributed by atoms with Crippen LogP contribution in [0.25, 0.3) is 32.6 Å². The van der Waals surface area contributed by atoms with Gasteiger partial charge in [-0.2, -0.15) is 42.1 Å². The number of benzene rings is 5.